The fraction of sp³-hybridized carbons (Fsp3) is 0.538. The van der Waals surface area contributed by atoms with E-state index in [0.29, 0.717) is 0 Å². The van der Waals surface area contributed by atoms with Crippen LogP contribution in [0.25, 0.3) is 0 Å². The molecule has 0 saturated carbocycles. The van der Waals surface area contributed by atoms with Gasteiger partial charge in [-0.2, -0.15) is 0 Å². The second-order valence-electron chi connectivity index (χ2n) is 4.35. The zero-order valence-electron chi connectivity index (χ0n) is 9.38. The molecule has 0 aromatic heterocycles. The molecule has 0 amide bonds. The van der Waals surface area contributed by atoms with Crippen molar-refractivity contribution in [2.75, 3.05) is 0 Å². The number of benzene rings is 1. The second kappa shape index (κ2) is 4.61. The molecule has 0 aliphatic heterocycles. The predicted molar refractivity (Wildman–Crippen MR) is 60.4 cm³/mol. The first-order valence-electron chi connectivity index (χ1n) is 5.32. The van der Waals surface area contributed by atoms with E-state index in [2.05, 4.69) is 26.0 Å². The van der Waals surface area contributed by atoms with Gasteiger partial charge >= 0.3 is 0 Å². The van der Waals surface area contributed by atoms with Crippen molar-refractivity contribution in [3.05, 3.63) is 35.4 Å². The first-order valence-corrected chi connectivity index (χ1v) is 5.32. The predicted octanol–water partition coefficient (Wildman–Crippen LogP) is 3.09. The van der Waals surface area contributed by atoms with Gasteiger partial charge in [0.15, 0.2) is 0 Å². The van der Waals surface area contributed by atoms with Gasteiger partial charge in [-0.1, -0.05) is 37.6 Å². The molecule has 78 valence electrons. The Kier molecular flexibility index (Phi) is 3.70. The van der Waals surface area contributed by atoms with Gasteiger partial charge in [-0.3, -0.25) is 0 Å². The molecule has 1 unspecified atom stereocenters. The van der Waals surface area contributed by atoms with E-state index < -0.39 is 5.60 Å². The molecular weight excluding hydrogens is 172 g/mol. The summed E-state index contributed by atoms with van der Waals surface area (Å²) < 4.78 is 0. The minimum absolute atomic E-state index is 0.555. The van der Waals surface area contributed by atoms with Crippen LogP contribution in [0.3, 0.4) is 0 Å². The molecular formula is C13H20O. The third-order valence-electron chi connectivity index (χ3n) is 2.62. The van der Waals surface area contributed by atoms with Crippen LogP contribution in [0.15, 0.2) is 24.3 Å². The zero-order chi connectivity index (χ0) is 10.6. The van der Waals surface area contributed by atoms with E-state index in [1.807, 2.05) is 19.1 Å². The van der Waals surface area contributed by atoms with Gasteiger partial charge in [0.1, 0.15) is 0 Å². The number of hydrogen-bond acceptors (Lipinski definition) is 1. The van der Waals surface area contributed by atoms with Crippen LogP contribution in [0.5, 0.6) is 0 Å². The molecule has 0 heterocycles. The van der Waals surface area contributed by atoms with E-state index in [1.165, 1.54) is 11.1 Å². The Bertz CT molecular complexity index is 289. The Morgan fingerprint density at radius 2 is 1.93 bits per heavy atom. The molecule has 1 N–H and O–H groups in total. The van der Waals surface area contributed by atoms with Crippen LogP contribution in [0.4, 0.5) is 0 Å². The lowest BCUT2D eigenvalue weighted by molar-refractivity contribution is 0.0504. The molecule has 0 saturated heterocycles. The normalized spacial score (nSPS) is 15.1. The van der Waals surface area contributed by atoms with Crippen LogP contribution in [-0.2, 0) is 6.42 Å². The molecule has 0 spiro atoms. The van der Waals surface area contributed by atoms with Crippen molar-refractivity contribution in [3.63, 3.8) is 0 Å². The molecule has 1 nitrogen and oxygen atoms in total. The van der Waals surface area contributed by atoms with E-state index >= 15 is 0 Å². The van der Waals surface area contributed by atoms with Crippen molar-refractivity contribution < 1.29 is 5.11 Å². The van der Waals surface area contributed by atoms with E-state index in [9.17, 15) is 5.11 Å². The van der Waals surface area contributed by atoms with Crippen molar-refractivity contribution in [2.24, 2.45) is 0 Å². The van der Waals surface area contributed by atoms with Gasteiger partial charge in [0, 0.05) is 6.42 Å². The lowest BCUT2D eigenvalue weighted by Crippen LogP contribution is -2.27. The molecule has 14 heavy (non-hydrogen) atoms. The molecule has 0 aliphatic carbocycles. The van der Waals surface area contributed by atoms with E-state index in [4.69, 9.17) is 0 Å². The highest BCUT2D eigenvalue weighted by Gasteiger charge is 2.19. The molecule has 0 fully saturated rings. The first-order chi connectivity index (χ1) is 6.55. The Morgan fingerprint density at radius 1 is 1.29 bits per heavy atom. The van der Waals surface area contributed by atoms with Crippen LogP contribution >= 0.6 is 0 Å². The lowest BCUT2D eigenvalue weighted by atomic mass is 9.90. The van der Waals surface area contributed by atoms with E-state index in [0.717, 1.165) is 19.3 Å². The second-order valence-corrected chi connectivity index (χ2v) is 4.35. The Balaban J connectivity index is 2.73. The molecule has 0 aliphatic rings. The molecule has 1 heteroatoms. The average molecular weight is 192 g/mol. The lowest BCUT2D eigenvalue weighted by Gasteiger charge is -2.23. The van der Waals surface area contributed by atoms with Crippen molar-refractivity contribution in [1.29, 1.82) is 0 Å². The summed E-state index contributed by atoms with van der Waals surface area (Å²) in [6.07, 6.45) is 2.65. The van der Waals surface area contributed by atoms with Gasteiger partial charge in [0.25, 0.3) is 0 Å². The molecule has 1 atom stereocenters. The highest BCUT2D eigenvalue weighted by Crippen LogP contribution is 2.20. The minimum atomic E-state index is -0.555. The zero-order valence-corrected chi connectivity index (χ0v) is 9.38. The Labute approximate surface area is 86.8 Å². The SMILES string of the molecule is CCCC(C)(O)Cc1ccccc1C. The molecule has 0 radical (unpaired) electrons. The fourth-order valence-corrected chi connectivity index (χ4v) is 1.85. The van der Waals surface area contributed by atoms with Crippen LogP contribution in [0.1, 0.15) is 37.8 Å². The smallest absolute Gasteiger partial charge is 0.0660 e. The summed E-state index contributed by atoms with van der Waals surface area (Å²) in [4.78, 5) is 0. The summed E-state index contributed by atoms with van der Waals surface area (Å²) in [6, 6.07) is 8.26. The summed E-state index contributed by atoms with van der Waals surface area (Å²) in [6.45, 7) is 6.12. The quantitative estimate of drug-likeness (QED) is 0.777. The maximum Gasteiger partial charge on any atom is 0.0660 e. The van der Waals surface area contributed by atoms with Crippen molar-refractivity contribution in [1.82, 2.24) is 0 Å². The topological polar surface area (TPSA) is 20.2 Å². The van der Waals surface area contributed by atoms with Crippen molar-refractivity contribution >= 4 is 0 Å². The summed E-state index contributed by atoms with van der Waals surface area (Å²) in [5.74, 6) is 0. The van der Waals surface area contributed by atoms with Crippen molar-refractivity contribution in [3.8, 4) is 0 Å². The van der Waals surface area contributed by atoms with E-state index in [1.54, 1.807) is 0 Å². The third-order valence-corrected chi connectivity index (χ3v) is 2.62. The average Bonchev–Trinajstić information content (AvgIpc) is 2.08. The molecule has 0 bridgehead atoms. The number of aryl methyl sites for hydroxylation is 1. The number of aliphatic hydroxyl groups is 1. The maximum absolute atomic E-state index is 10.1. The van der Waals surface area contributed by atoms with Crippen LogP contribution in [-0.4, -0.2) is 10.7 Å². The maximum atomic E-state index is 10.1. The van der Waals surface area contributed by atoms with Gasteiger partial charge < -0.3 is 5.11 Å². The van der Waals surface area contributed by atoms with Gasteiger partial charge in [-0.25, -0.2) is 0 Å². The summed E-state index contributed by atoms with van der Waals surface area (Å²) in [5, 5.41) is 10.1. The number of rotatable bonds is 4. The van der Waals surface area contributed by atoms with Gasteiger partial charge in [0.05, 0.1) is 5.60 Å². The van der Waals surface area contributed by atoms with E-state index in [-0.39, 0.29) is 0 Å². The summed E-state index contributed by atoms with van der Waals surface area (Å²) in [5.41, 5.74) is 1.97. The first kappa shape index (κ1) is 11.3. The number of hydrogen-bond donors (Lipinski definition) is 1. The minimum Gasteiger partial charge on any atom is -0.390 e. The Hall–Kier alpha value is -0.820. The summed E-state index contributed by atoms with van der Waals surface area (Å²) >= 11 is 0. The molecule has 1 aromatic carbocycles. The third kappa shape index (κ3) is 3.15. The van der Waals surface area contributed by atoms with Gasteiger partial charge in [0.2, 0.25) is 0 Å². The monoisotopic (exact) mass is 192 g/mol. The highest BCUT2D eigenvalue weighted by atomic mass is 16.3. The largest absolute Gasteiger partial charge is 0.390 e. The van der Waals surface area contributed by atoms with Gasteiger partial charge in [-0.15, -0.1) is 0 Å². The summed E-state index contributed by atoms with van der Waals surface area (Å²) in [7, 11) is 0. The Morgan fingerprint density at radius 3 is 2.50 bits per heavy atom. The molecule has 1 rings (SSSR count). The molecule has 1 aromatic rings. The van der Waals surface area contributed by atoms with Crippen LogP contribution in [0, 0.1) is 6.92 Å². The van der Waals surface area contributed by atoms with Crippen molar-refractivity contribution in [2.45, 2.75) is 45.6 Å². The standard InChI is InChI=1S/C13H20O/c1-4-9-13(3,14)10-12-8-6-5-7-11(12)2/h5-8,14H,4,9-10H2,1-3H3. The van der Waals surface area contributed by atoms with Crippen LogP contribution < -0.4 is 0 Å². The van der Waals surface area contributed by atoms with Crippen LogP contribution in [0.2, 0.25) is 0 Å². The highest BCUT2D eigenvalue weighted by molar-refractivity contribution is 5.26. The fourth-order valence-electron chi connectivity index (χ4n) is 1.85. The van der Waals surface area contributed by atoms with Gasteiger partial charge in [-0.05, 0) is 31.4 Å².